The van der Waals surface area contributed by atoms with Gasteiger partial charge in [-0.1, -0.05) is 18.2 Å². The van der Waals surface area contributed by atoms with Crippen molar-refractivity contribution in [2.45, 2.75) is 38.1 Å². The highest BCUT2D eigenvalue weighted by Gasteiger charge is 2.46. The lowest BCUT2D eigenvalue weighted by atomic mass is 10.1. The number of hydrogen-bond donors (Lipinski definition) is 1. The number of imide groups is 1. The second kappa shape index (κ2) is 9.78. The Labute approximate surface area is 161 Å². The fourth-order valence-electron chi connectivity index (χ4n) is 3.66. The quantitative estimate of drug-likeness (QED) is 0.527. The van der Waals surface area contributed by atoms with E-state index < -0.39 is 0 Å². The van der Waals surface area contributed by atoms with Crippen molar-refractivity contribution in [1.29, 1.82) is 0 Å². The first kappa shape index (κ1) is 20.5. The number of unbranched alkanes of at least 4 members (excludes halogenated alkanes) is 1. The minimum atomic E-state index is -0.175. The molecule has 144 valence electrons. The molecule has 2 saturated heterocycles. The molecule has 3 amide bonds. The molecular formula is C19H28ClN3O3. The second-order valence-corrected chi connectivity index (χ2v) is 6.64. The van der Waals surface area contributed by atoms with Gasteiger partial charge in [0.2, 0.25) is 0 Å². The molecule has 1 aromatic carbocycles. The van der Waals surface area contributed by atoms with Gasteiger partial charge < -0.3 is 15.0 Å². The molecule has 0 radical (unpaired) electrons. The van der Waals surface area contributed by atoms with Crippen LogP contribution in [0.15, 0.2) is 24.3 Å². The Balaban J connectivity index is 0.00000243. The number of ether oxygens (including phenoxy) is 1. The number of nitrogens with zero attached hydrogens (tertiary/aromatic N) is 2. The van der Waals surface area contributed by atoms with Crippen molar-refractivity contribution in [3.05, 3.63) is 29.8 Å². The number of benzene rings is 1. The van der Waals surface area contributed by atoms with E-state index in [9.17, 15) is 9.59 Å². The van der Waals surface area contributed by atoms with Crippen molar-refractivity contribution in [3.8, 4) is 5.75 Å². The van der Waals surface area contributed by atoms with Crippen LogP contribution < -0.4 is 10.1 Å². The van der Waals surface area contributed by atoms with Crippen molar-refractivity contribution in [2.75, 3.05) is 33.3 Å². The summed E-state index contributed by atoms with van der Waals surface area (Å²) < 4.78 is 5.35. The first-order valence-corrected chi connectivity index (χ1v) is 9.17. The van der Waals surface area contributed by atoms with E-state index in [1.54, 1.807) is 12.0 Å². The average molecular weight is 382 g/mol. The van der Waals surface area contributed by atoms with Crippen LogP contribution in [-0.4, -0.2) is 61.1 Å². The van der Waals surface area contributed by atoms with Gasteiger partial charge >= 0.3 is 6.03 Å². The molecule has 3 rings (SSSR count). The van der Waals surface area contributed by atoms with Crippen LogP contribution in [-0.2, 0) is 11.2 Å². The Morgan fingerprint density at radius 3 is 2.77 bits per heavy atom. The van der Waals surface area contributed by atoms with Crippen molar-refractivity contribution < 1.29 is 14.3 Å². The van der Waals surface area contributed by atoms with Crippen LogP contribution in [0.3, 0.4) is 0 Å². The maximum absolute atomic E-state index is 12.2. The summed E-state index contributed by atoms with van der Waals surface area (Å²) in [6.07, 6.45) is 4.49. The van der Waals surface area contributed by atoms with E-state index in [1.807, 2.05) is 18.2 Å². The number of halogens is 1. The molecule has 26 heavy (non-hydrogen) atoms. The first-order valence-electron chi connectivity index (χ1n) is 9.17. The summed E-state index contributed by atoms with van der Waals surface area (Å²) in [5.74, 6) is 0.933. The van der Waals surface area contributed by atoms with E-state index in [-0.39, 0.29) is 30.4 Å². The maximum Gasteiger partial charge on any atom is 0.327 e. The van der Waals surface area contributed by atoms with Crippen LogP contribution in [0, 0.1) is 0 Å². The van der Waals surface area contributed by atoms with Crippen LogP contribution in [0.2, 0.25) is 0 Å². The highest BCUT2D eigenvalue weighted by atomic mass is 35.5. The standard InChI is InChI=1S/C19H27N3O3.ClH/c1-25-17-9-3-2-7-15(17)10-12-20-11-4-5-13-22-18(23)16-8-6-14-21(16)19(22)24;/h2-3,7,9,16,20H,4-6,8,10-14H2,1H3;1H. The number of amides is 3. The SMILES string of the molecule is COc1ccccc1CCNCCCCN1C(=O)C2CCCN2C1=O.Cl. The van der Waals surface area contributed by atoms with Gasteiger partial charge in [0.25, 0.3) is 5.91 Å². The Morgan fingerprint density at radius 2 is 2.00 bits per heavy atom. The van der Waals surface area contributed by atoms with Gasteiger partial charge in [0, 0.05) is 13.1 Å². The Hall–Kier alpha value is -1.79. The molecule has 0 aliphatic carbocycles. The fraction of sp³-hybridized carbons (Fsp3) is 0.579. The van der Waals surface area contributed by atoms with Crippen LogP contribution in [0.4, 0.5) is 4.79 Å². The molecular weight excluding hydrogens is 354 g/mol. The largest absolute Gasteiger partial charge is 0.496 e. The monoisotopic (exact) mass is 381 g/mol. The third-order valence-corrected chi connectivity index (χ3v) is 5.03. The molecule has 2 fully saturated rings. The van der Waals surface area contributed by atoms with E-state index in [0.717, 1.165) is 57.5 Å². The van der Waals surface area contributed by atoms with Crippen molar-refractivity contribution in [1.82, 2.24) is 15.1 Å². The molecule has 2 aliphatic heterocycles. The normalized spacial score (nSPS) is 18.9. The fourth-order valence-corrected chi connectivity index (χ4v) is 3.66. The number of rotatable bonds is 9. The van der Waals surface area contributed by atoms with Gasteiger partial charge in [-0.2, -0.15) is 0 Å². The summed E-state index contributed by atoms with van der Waals surface area (Å²) in [5.41, 5.74) is 1.20. The van der Waals surface area contributed by atoms with E-state index >= 15 is 0 Å². The number of hydrogen-bond acceptors (Lipinski definition) is 4. The number of carbonyl (C=O) groups is 2. The number of fused-ring (bicyclic) bond motifs is 1. The predicted octanol–water partition coefficient (Wildman–Crippen LogP) is 2.46. The number of carbonyl (C=O) groups excluding carboxylic acids is 2. The molecule has 6 nitrogen and oxygen atoms in total. The topological polar surface area (TPSA) is 61.9 Å². The van der Waals surface area contributed by atoms with Crippen LogP contribution in [0.25, 0.3) is 0 Å². The molecule has 2 heterocycles. The highest BCUT2D eigenvalue weighted by Crippen LogP contribution is 2.27. The van der Waals surface area contributed by atoms with Gasteiger partial charge in [-0.05, 0) is 56.8 Å². The zero-order valence-corrected chi connectivity index (χ0v) is 16.1. The van der Waals surface area contributed by atoms with Gasteiger partial charge in [0.05, 0.1) is 7.11 Å². The number of nitrogens with one attached hydrogen (secondary N) is 1. The molecule has 2 aliphatic rings. The summed E-state index contributed by atoms with van der Waals surface area (Å²) in [6.45, 7) is 3.05. The molecule has 1 atom stereocenters. The van der Waals surface area contributed by atoms with Crippen molar-refractivity contribution in [2.24, 2.45) is 0 Å². The van der Waals surface area contributed by atoms with Gasteiger partial charge in [0.1, 0.15) is 11.8 Å². The van der Waals surface area contributed by atoms with Gasteiger partial charge in [-0.3, -0.25) is 9.69 Å². The van der Waals surface area contributed by atoms with Crippen molar-refractivity contribution >= 4 is 24.3 Å². The zero-order chi connectivity index (χ0) is 17.6. The molecule has 0 aromatic heterocycles. The van der Waals surface area contributed by atoms with E-state index in [2.05, 4.69) is 11.4 Å². The van der Waals surface area contributed by atoms with Gasteiger partial charge in [-0.15, -0.1) is 12.4 Å². The van der Waals surface area contributed by atoms with Gasteiger partial charge in [-0.25, -0.2) is 4.79 Å². The molecule has 0 bridgehead atoms. The third-order valence-electron chi connectivity index (χ3n) is 5.03. The summed E-state index contributed by atoms with van der Waals surface area (Å²) in [4.78, 5) is 27.6. The number of methoxy groups -OCH3 is 1. The maximum atomic E-state index is 12.2. The highest BCUT2D eigenvalue weighted by molar-refractivity contribution is 6.04. The molecule has 0 saturated carbocycles. The Bertz CT molecular complexity index is 604. The summed E-state index contributed by atoms with van der Waals surface area (Å²) in [7, 11) is 1.69. The zero-order valence-electron chi connectivity index (χ0n) is 15.3. The summed E-state index contributed by atoms with van der Waals surface area (Å²) in [6, 6.07) is 7.79. The van der Waals surface area contributed by atoms with Crippen molar-refractivity contribution in [3.63, 3.8) is 0 Å². The predicted molar refractivity (Wildman–Crippen MR) is 103 cm³/mol. The van der Waals surface area contributed by atoms with Crippen LogP contribution in [0.5, 0.6) is 5.75 Å². The Kier molecular flexibility index (Phi) is 7.72. The smallest absolute Gasteiger partial charge is 0.327 e. The lowest BCUT2D eigenvalue weighted by molar-refractivity contribution is -0.128. The molecule has 1 N–H and O–H groups in total. The molecule has 7 heteroatoms. The van der Waals surface area contributed by atoms with E-state index in [1.165, 1.54) is 10.5 Å². The lowest BCUT2D eigenvalue weighted by Crippen LogP contribution is -2.34. The lowest BCUT2D eigenvalue weighted by Gasteiger charge is -2.15. The van der Waals surface area contributed by atoms with E-state index in [4.69, 9.17) is 4.74 Å². The number of urea groups is 1. The van der Waals surface area contributed by atoms with Crippen LogP contribution >= 0.6 is 12.4 Å². The molecule has 0 spiro atoms. The first-order chi connectivity index (χ1) is 12.2. The summed E-state index contributed by atoms with van der Waals surface area (Å²) >= 11 is 0. The average Bonchev–Trinajstić information content (AvgIpc) is 3.20. The molecule has 1 aromatic rings. The third kappa shape index (κ3) is 4.48. The molecule has 1 unspecified atom stereocenters. The summed E-state index contributed by atoms with van der Waals surface area (Å²) in [5, 5.41) is 3.42. The minimum Gasteiger partial charge on any atom is -0.496 e. The van der Waals surface area contributed by atoms with Gasteiger partial charge in [0.15, 0.2) is 0 Å². The minimum absolute atomic E-state index is 0. The van der Waals surface area contributed by atoms with E-state index in [0.29, 0.717) is 6.54 Å². The number of para-hydroxylation sites is 1. The Morgan fingerprint density at radius 1 is 1.19 bits per heavy atom. The van der Waals surface area contributed by atoms with Crippen LogP contribution in [0.1, 0.15) is 31.2 Å². The second-order valence-electron chi connectivity index (χ2n) is 6.64.